The quantitative estimate of drug-likeness (QED) is 0.250. The first-order valence-electron chi connectivity index (χ1n) is 10.3. The fourth-order valence-electron chi connectivity index (χ4n) is 3.15. The SMILES string of the molecule is O=S(=O)([O-])c1cccc(N(CC(O)COc2ccccc2)CC(O)COc2ccccc2)c1.[Na+]. The van der Waals surface area contributed by atoms with E-state index < -0.39 is 27.2 Å². The molecule has 2 N–H and O–H groups in total. The first-order chi connectivity index (χ1) is 15.8. The van der Waals surface area contributed by atoms with Crippen LogP contribution in [0.4, 0.5) is 5.69 Å². The van der Waals surface area contributed by atoms with Crippen molar-refractivity contribution in [1.29, 1.82) is 0 Å². The van der Waals surface area contributed by atoms with Gasteiger partial charge in [-0.1, -0.05) is 42.5 Å². The Kier molecular flexibility index (Phi) is 11.3. The van der Waals surface area contributed by atoms with Gasteiger partial charge in [0.1, 0.15) is 47.0 Å². The van der Waals surface area contributed by atoms with Crippen LogP contribution in [0.1, 0.15) is 0 Å². The topological polar surface area (TPSA) is 119 Å². The summed E-state index contributed by atoms with van der Waals surface area (Å²) in [6, 6.07) is 23.5. The first-order valence-corrected chi connectivity index (χ1v) is 11.7. The molecule has 0 aromatic heterocycles. The molecule has 176 valence electrons. The smallest absolute Gasteiger partial charge is 0.744 e. The van der Waals surface area contributed by atoms with Gasteiger partial charge in [0, 0.05) is 18.8 Å². The second-order valence-corrected chi connectivity index (χ2v) is 8.79. The van der Waals surface area contributed by atoms with E-state index >= 15 is 0 Å². The molecular formula is C24H26NNaO7S. The van der Waals surface area contributed by atoms with E-state index in [4.69, 9.17) is 9.47 Å². The van der Waals surface area contributed by atoms with Gasteiger partial charge in [0.05, 0.1) is 4.90 Å². The Morgan fingerprint density at radius 1 is 0.765 bits per heavy atom. The van der Waals surface area contributed by atoms with Crippen molar-refractivity contribution in [3.63, 3.8) is 0 Å². The molecule has 2 unspecified atom stereocenters. The van der Waals surface area contributed by atoms with Crippen LogP contribution in [-0.4, -0.2) is 61.7 Å². The number of nitrogens with zero attached hydrogens (tertiary/aromatic N) is 1. The summed E-state index contributed by atoms with van der Waals surface area (Å²) < 4.78 is 45.5. The normalized spacial score (nSPS) is 12.8. The molecule has 0 fully saturated rings. The van der Waals surface area contributed by atoms with E-state index in [-0.39, 0.29) is 55.9 Å². The van der Waals surface area contributed by atoms with Gasteiger partial charge >= 0.3 is 29.6 Å². The van der Waals surface area contributed by atoms with Crippen molar-refractivity contribution in [3.05, 3.63) is 84.9 Å². The fourth-order valence-corrected chi connectivity index (χ4v) is 3.66. The Bertz CT molecular complexity index is 1050. The molecule has 0 bridgehead atoms. The van der Waals surface area contributed by atoms with Gasteiger partial charge < -0.3 is 29.1 Å². The Morgan fingerprint density at radius 2 is 1.24 bits per heavy atom. The van der Waals surface area contributed by atoms with E-state index in [2.05, 4.69) is 0 Å². The molecule has 10 heteroatoms. The van der Waals surface area contributed by atoms with Gasteiger partial charge in [-0.05, 0) is 42.5 Å². The van der Waals surface area contributed by atoms with Crippen LogP contribution in [0.25, 0.3) is 0 Å². The van der Waals surface area contributed by atoms with Crippen molar-refractivity contribution in [2.45, 2.75) is 17.1 Å². The van der Waals surface area contributed by atoms with Gasteiger partial charge in [-0.3, -0.25) is 0 Å². The number of hydrogen-bond donors (Lipinski definition) is 2. The number of aliphatic hydroxyl groups excluding tert-OH is 2. The molecule has 0 amide bonds. The number of rotatable bonds is 12. The summed E-state index contributed by atoms with van der Waals surface area (Å²) in [7, 11) is -4.66. The third-order valence-electron chi connectivity index (χ3n) is 4.70. The summed E-state index contributed by atoms with van der Waals surface area (Å²) in [6.07, 6.45) is -1.92. The molecular weight excluding hydrogens is 469 g/mol. The number of anilines is 1. The zero-order valence-electron chi connectivity index (χ0n) is 18.9. The Morgan fingerprint density at radius 3 is 1.68 bits per heavy atom. The maximum absolute atomic E-state index is 11.5. The summed E-state index contributed by atoms with van der Waals surface area (Å²) in [6.45, 7) is 0.0164. The molecule has 0 aliphatic rings. The van der Waals surface area contributed by atoms with E-state index in [9.17, 15) is 23.2 Å². The molecule has 0 heterocycles. The van der Waals surface area contributed by atoms with Crippen LogP contribution >= 0.6 is 0 Å². The van der Waals surface area contributed by atoms with Crippen molar-refractivity contribution < 1.29 is 62.2 Å². The van der Waals surface area contributed by atoms with Gasteiger partial charge in [0.25, 0.3) is 0 Å². The minimum Gasteiger partial charge on any atom is -0.744 e. The molecule has 0 aliphatic carbocycles. The van der Waals surface area contributed by atoms with Crippen LogP contribution in [0.2, 0.25) is 0 Å². The molecule has 0 saturated heterocycles. The predicted octanol–water partition coefficient (Wildman–Crippen LogP) is -0.719. The number of ether oxygens (including phenoxy) is 2. The van der Waals surface area contributed by atoms with Crippen molar-refractivity contribution >= 4 is 15.8 Å². The van der Waals surface area contributed by atoms with E-state index in [0.717, 1.165) is 0 Å². The Balaban J connectivity index is 0.00000408. The molecule has 8 nitrogen and oxygen atoms in total. The second kappa shape index (κ2) is 13.7. The molecule has 0 spiro atoms. The molecule has 2 atom stereocenters. The van der Waals surface area contributed by atoms with E-state index in [0.29, 0.717) is 17.2 Å². The van der Waals surface area contributed by atoms with E-state index in [1.165, 1.54) is 18.2 Å². The molecule has 34 heavy (non-hydrogen) atoms. The maximum Gasteiger partial charge on any atom is 1.00 e. The summed E-state index contributed by atoms with van der Waals surface area (Å²) in [4.78, 5) is 1.20. The van der Waals surface area contributed by atoms with Gasteiger partial charge in [-0.15, -0.1) is 0 Å². The minimum atomic E-state index is -4.66. The van der Waals surface area contributed by atoms with Gasteiger partial charge in [-0.25, -0.2) is 8.42 Å². The third kappa shape index (κ3) is 9.27. The Hall–Kier alpha value is -2.11. The van der Waals surface area contributed by atoms with Gasteiger partial charge in [0.2, 0.25) is 0 Å². The van der Waals surface area contributed by atoms with Crippen LogP contribution in [0, 0.1) is 0 Å². The monoisotopic (exact) mass is 495 g/mol. The second-order valence-electron chi connectivity index (χ2n) is 7.41. The minimum absolute atomic E-state index is 0. The Labute approximate surface area is 221 Å². The average Bonchev–Trinajstić information content (AvgIpc) is 2.82. The van der Waals surface area contributed by atoms with Crippen molar-refractivity contribution in [2.24, 2.45) is 0 Å². The summed E-state index contributed by atoms with van der Waals surface area (Å²) in [5.74, 6) is 1.19. The van der Waals surface area contributed by atoms with Crippen LogP contribution in [0.3, 0.4) is 0 Å². The predicted molar refractivity (Wildman–Crippen MR) is 123 cm³/mol. The summed E-state index contributed by atoms with van der Waals surface area (Å²) >= 11 is 0. The third-order valence-corrected chi connectivity index (χ3v) is 5.54. The van der Waals surface area contributed by atoms with Crippen molar-refractivity contribution in [1.82, 2.24) is 0 Å². The zero-order valence-corrected chi connectivity index (χ0v) is 21.7. The number of aliphatic hydroxyl groups is 2. The zero-order chi connectivity index (χ0) is 23.7. The van der Waals surface area contributed by atoms with Crippen LogP contribution < -0.4 is 43.9 Å². The van der Waals surface area contributed by atoms with Crippen LogP contribution in [0.15, 0.2) is 89.8 Å². The average molecular weight is 496 g/mol. The van der Waals surface area contributed by atoms with Crippen molar-refractivity contribution in [2.75, 3.05) is 31.2 Å². The van der Waals surface area contributed by atoms with Crippen LogP contribution in [0.5, 0.6) is 11.5 Å². The van der Waals surface area contributed by atoms with Crippen molar-refractivity contribution in [3.8, 4) is 11.5 Å². The summed E-state index contributed by atoms with van der Waals surface area (Å²) in [5.41, 5.74) is 0.365. The van der Waals surface area contributed by atoms with E-state index in [1.54, 1.807) is 35.2 Å². The van der Waals surface area contributed by atoms with E-state index in [1.807, 2.05) is 36.4 Å². The number of hydrogen-bond acceptors (Lipinski definition) is 8. The number of para-hydroxylation sites is 2. The maximum atomic E-state index is 11.5. The van der Waals surface area contributed by atoms with Gasteiger partial charge in [0.15, 0.2) is 0 Å². The molecule has 0 radical (unpaired) electrons. The number of benzene rings is 3. The van der Waals surface area contributed by atoms with Gasteiger partial charge in [-0.2, -0.15) is 0 Å². The molecule has 3 rings (SSSR count). The fraction of sp³-hybridized carbons (Fsp3) is 0.250. The standard InChI is InChI=1S/C24H27NO7S.Na/c26-20(17-31-22-9-3-1-4-10-22)15-25(19-8-7-13-24(14-19)33(28,29)30)16-21(27)18-32-23-11-5-2-6-12-23;/h1-14,20-21,26-27H,15-18H2,(H,28,29,30);/q;+1/p-1. The first kappa shape index (κ1) is 28.1. The molecule has 0 aliphatic heterocycles. The van der Waals surface area contributed by atoms with Crippen LogP contribution in [-0.2, 0) is 10.1 Å². The largest absolute Gasteiger partial charge is 1.00 e. The molecule has 3 aromatic rings. The summed E-state index contributed by atoms with van der Waals surface area (Å²) in [5, 5.41) is 21.1. The molecule has 0 saturated carbocycles. The molecule has 3 aromatic carbocycles.